The van der Waals surface area contributed by atoms with Gasteiger partial charge in [-0.2, -0.15) is 11.8 Å². The second-order valence-electron chi connectivity index (χ2n) is 6.72. The number of nitrogens with zero attached hydrogens (tertiary/aromatic N) is 1. The Bertz CT molecular complexity index is 364. The van der Waals surface area contributed by atoms with Gasteiger partial charge >= 0.3 is 0 Å². The maximum atomic E-state index is 9.99. The summed E-state index contributed by atoms with van der Waals surface area (Å²) < 4.78 is 5.53. The highest BCUT2D eigenvalue weighted by Crippen LogP contribution is 2.28. The normalized spacial score (nSPS) is 26.8. The molecule has 2 fully saturated rings. The highest BCUT2D eigenvalue weighted by atomic mass is 32.2. The minimum atomic E-state index is -0.519. The predicted molar refractivity (Wildman–Crippen MR) is 98.2 cm³/mol. The van der Waals surface area contributed by atoms with Crippen molar-refractivity contribution >= 4 is 17.7 Å². The van der Waals surface area contributed by atoms with E-state index in [1.165, 1.54) is 38.5 Å². The Kier molecular flexibility index (Phi) is 8.55. The fourth-order valence-electron chi connectivity index (χ4n) is 2.91. The fourth-order valence-corrected chi connectivity index (χ4v) is 3.74. The van der Waals surface area contributed by atoms with Gasteiger partial charge in [-0.1, -0.05) is 6.42 Å². The van der Waals surface area contributed by atoms with Crippen molar-refractivity contribution < 1.29 is 9.84 Å². The summed E-state index contributed by atoms with van der Waals surface area (Å²) in [5.41, 5.74) is 0. The zero-order valence-corrected chi connectivity index (χ0v) is 15.4. The number of nitrogens with one attached hydrogen (secondary N) is 2. The topological polar surface area (TPSA) is 65.9 Å². The standard InChI is InChI=1S/C17H33N3O2S/c1-3-18-17(20-14-5-4-6-16(9-14)23-2)19-10-15(21)12-22-11-13-7-8-13/h13-16,21H,3-12H2,1-2H3,(H2,18,19,20). The van der Waals surface area contributed by atoms with Crippen LogP contribution < -0.4 is 10.6 Å². The van der Waals surface area contributed by atoms with Crippen LogP contribution in [0.4, 0.5) is 0 Å². The summed E-state index contributed by atoms with van der Waals surface area (Å²) in [4.78, 5) is 4.53. The molecule has 0 bridgehead atoms. The monoisotopic (exact) mass is 343 g/mol. The van der Waals surface area contributed by atoms with Gasteiger partial charge in [0, 0.05) is 24.4 Å². The number of aliphatic hydroxyl groups is 1. The minimum Gasteiger partial charge on any atom is -0.389 e. The molecule has 0 amide bonds. The van der Waals surface area contributed by atoms with E-state index in [9.17, 15) is 5.11 Å². The summed E-state index contributed by atoms with van der Waals surface area (Å²) in [6.07, 6.45) is 9.24. The van der Waals surface area contributed by atoms with Crippen molar-refractivity contribution in [2.45, 2.75) is 62.8 Å². The molecule has 23 heavy (non-hydrogen) atoms. The summed E-state index contributed by atoms with van der Waals surface area (Å²) in [7, 11) is 0. The van der Waals surface area contributed by atoms with Gasteiger partial charge in [-0.25, -0.2) is 0 Å². The molecule has 0 radical (unpaired) electrons. The number of rotatable bonds is 9. The number of aliphatic imine (C=N–C) groups is 1. The molecule has 0 spiro atoms. The molecule has 2 rings (SSSR count). The number of thioether (sulfide) groups is 1. The molecule has 134 valence electrons. The van der Waals surface area contributed by atoms with Crippen LogP contribution in [-0.2, 0) is 4.74 Å². The summed E-state index contributed by atoms with van der Waals surface area (Å²) in [6.45, 7) is 4.46. The van der Waals surface area contributed by atoms with Crippen LogP contribution in [0.25, 0.3) is 0 Å². The van der Waals surface area contributed by atoms with Crippen molar-refractivity contribution in [1.29, 1.82) is 0 Å². The molecule has 2 aliphatic rings. The third-order valence-corrected chi connectivity index (χ3v) is 5.56. The van der Waals surface area contributed by atoms with Gasteiger partial charge in [0.25, 0.3) is 0 Å². The van der Waals surface area contributed by atoms with Crippen LogP contribution in [0.5, 0.6) is 0 Å². The summed E-state index contributed by atoms with van der Waals surface area (Å²) in [5.74, 6) is 1.56. The summed E-state index contributed by atoms with van der Waals surface area (Å²) in [5, 5.41) is 17.6. The third-order valence-electron chi connectivity index (χ3n) is 4.47. The number of aliphatic hydroxyl groups excluding tert-OH is 1. The van der Waals surface area contributed by atoms with Crippen molar-refractivity contribution in [3.63, 3.8) is 0 Å². The largest absolute Gasteiger partial charge is 0.389 e. The number of ether oxygens (including phenoxy) is 1. The molecular weight excluding hydrogens is 310 g/mol. The molecule has 3 atom stereocenters. The Labute approximate surface area is 145 Å². The van der Waals surface area contributed by atoms with E-state index in [2.05, 4.69) is 28.8 Å². The predicted octanol–water partition coefficient (Wildman–Crippen LogP) is 2.00. The highest BCUT2D eigenvalue weighted by Gasteiger charge is 2.23. The molecule has 5 nitrogen and oxygen atoms in total. The Morgan fingerprint density at radius 1 is 1.35 bits per heavy atom. The first kappa shape index (κ1) is 18.9. The highest BCUT2D eigenvalue weighted by molar-refractivity contribution is 7.99. The van der Waals surface area contributed by atoms with E-state index >= 15 is 0 Å². The maximum absolute atomic E-state index is 9.99. The lowest BCUT2D eigenvalue weighted by Crippen LogP contribution is -2.46. The molecule has 2 saturated carbocycles. The Morgan fingerprint density at radius 3 is 2.87 bits per heavy atom. The van der Waals surface area contributed by atoms with Gasteiger partial charge in [-0.05, 0) is 51.2 Å². The van der Waals surface area contributed by atoms with E-state index in [1.807, 2.05) is 11.8 Å². The van der Waals surface area contributed by atoms with Gasteiger partial charge < -0.3 is 20.5 Å². The quantitative estimate of drug-likeness (QED) is 0.441. The smallest absolute Gasteiger partial charge is 0.191 e. The van der Waals surface area contributed by atoms with Crippen LogP contribution in [0.15, 0.2) is 4.99 Å². The molecule has 0 heterocycles. The zero-order chi connectivity index (χ0) is 16.5. The first-order valence-corrected chi connectivity index (χ1v) is 10.3. The zero-order valence-electron chi connectivity index (χ0n) is 14.6. The van der Waals surface area contributed by atoms with Crippen molar-refractivity contribution in [1.82, 2.24) is 10.6 Å². The Morgan fingerprint density at radius 2 is 2.17 bits per heavy atom. The van der Waals surface area contributed by atoms with Gasteiger partial charge in [-0.15, -0.1) is 0 Å². The van der Waals surface area contributed by atoms with Crippen LogP contribution in [0.2, 0.25) is 0 Å². The van der Waals surface area contributed by atoms with Gasteiger partial charge in [0.2, 0.25) is 0 Å². The van der Waals surface area contributed by atoms with Crippen molar-refractivity contribution in [2.75, 3.05) is 32.6 Å². The molecule has 0 saturated heterocycles. The van der Waals surface area contributed by atoms with Gasteiger partial charge in [0.1, 0.15) is 0 Å². The van der Waals surface area contributed by atoms with Gasteiger partial charge in [0.05, 0.1) is 19.3 Å². The van der Waals surface area contributed by atoms with E-state index in [4.69, 9.17) is 4.74 Å². The molecule has 6 heteroatoms. The van der Waals surface area contributed by atoms with Crippen LogP contribution in [0.1, 0.15) is 45.4 Å². The van der Waals surface area contributed by atoms with Crippen molar-refractivity contribution in [3.8, 4) is 0 Å². The lowest BCUT2D eigenvalue weighted by molar-refractivity contribution is 0.0368. The van der Waals surface area contributed by atoms with E-state index in [0.29, 0.717) is 19.2 Å². The average Bonchev–Trinajstić information content (AvgIpc) is 3.37. The first-order valence-electron chi connectivity index (χ1n) is 9.04. The molecule has 0 aliphatic heterocycles. The number of hydrogen-bond acceptors (Lipinski definition) is 4. The molecule has 0 aromatic carbocycles. The van der Waals surface area contributed by atoms with Crippen LogP contribution >= 0.6 is 11.8 Å². The molecule has 2 aliphatic carbocycles. The number of guanidine groups is 1. The molecule has 0 aromatic heterocycles. The van der Waals surface area contributed by atoms with E-state index in [0.717, 1.165) is 30.3 Å². The fraction of sp³-hybridized carbons (Fsp3) is 0.941. The van der Waals surface area contributed by atoms with E-state index in [-0.39, 0.29) is 0 Å². The van der Waals surface area contributed by atoms with E-state index in [1.54, 1.807) is 0 Å². The Balaban J connectivity index is 1.71. The van der Waals surface area contributed by atoms with E-state index < -0.39 is 6.10 Å². The SMILES string of the molecule is CCNC(=NCC(O)COCC1CC1)NC1CCCC(SC)C1. The first-order chi connectivity index (χ1) is 11.2. The third kappa shape index (κ3) is 7.77. The summed E-state index contributed by atoms with van der Waals surface area (Å²) >= 11 is 1.97. The summed E-state index contributed by atoms with van der Waals surface area (Å²) in [6, 6.07) is 0.488. The molecule has 3 N–H and O–H groups in total. The second-order valence-corrected chi connectivity index (χ2v) is 7.86. The van der Waals surface area contributed by atoms with Crippen LogP contribution in [-0.4, -0.2) is 61.0 Å². The maximum Gasteiger partial charge on any atom is 0.191 e. The molecular formula is C17H33N3O2S. The number of hydrogen-bond donors (Lipinski definition) is 3. The second kappa shape index (κ2) is 10.4. The Hall–Kier alpha value is -0.460. The van der Waals surface area contributed by atoms with Crippen molar-refractivity contribution in [2.24, 2.45) is 10.9 Å². The van der Waals surface area contributed by atoms with Crippen LogP contribution in [0, 0.1) is 5.92 Å². The van der Waals surface area contributed by atoms with Gasteiger partial charge in [0.15, 0.2) is 5.96 Å². The van der Waals surface area contributed by atoms with Crippen molar-refractivity contribution in [3.05, 3.63) is 0 Å². The minimum absolute atomic E-state index is 0.386. The average molecular weight is 344 g/mol. The molecule has 3 unspecified atom stereocenters. The van der Waals surface area contributed by atoms with Crippen LogP contribution in [0.3, 0.4) is 0 Å². The lowest BCUT2D eigenvalue weighted by atomic mass is 9.95. The lowest BCUT2D eigenvalue weighted by Gasteiger charge is -2.30. The van der Waals surface area contributed by atoms with Gasteiger partial charge in [-0.3, -0.25) is 4.99 Å². The molecule has 0 aromatic rings.